The predicted molar refractivity (Wildman–Crippen MR) is 82.4 cm³/mol. The molecule has 0 spiro atoms. The first kappa shape index (κ1) is 17.7. The van der Waals surface area contributed by atoms with Crippen molar-refractivity contribution in [1.29, 1.82) is 0 Å². The average molecular weight is 317 g/mol. The summed E-state index contributed by atoms with van der Waals surface area (Å²) in [5, 5.41) is 3.19. The van der Waals surface area contributed by atoms with Crippen molar-refractivity contribution in [3.8, 4) is 5.75 Å². The van der Waals surface area contributed by atoms with Crippen LogP contribution < -0.4 is 10.1 Å². The molecule has 6 heteroatoms. The van der Waals surface area contributed by atoms with Crippen molar-refractivity contribution in [3.05, 3.63) is 30.1 Å². The van der Waals surface area contributed by atoms with Gasteiger partial charge in [-0.25, -0.2) is 4.39 Å². The second kappa shape index (κ2) is 8.20. The molecule has 1 N–H and O–H groups in total. The van der Waals surface area contributed by atoms with Crippen LogP contribution in [0.3, 0.4) is 0 Å². The van der Waals surface area contributed by atoms with Crippen LogP contribution in [-0.4, -0.2) is 43.1 Å². The van der Waals surface area contributed by atoms with Gasteiger partial charge in [-0.05, 0) is 38.9 Å². The lowest BCUT2D eigenvalue weighted by atomic mass is 10.1. The molecule has 2 rings (SSSR count). The van der Waals surface area contributed by atoms with E-state index < -0.39 is 11.9 Å². The number of hydrogen-bond donors (Lipinski definition) is 1. The maximum atomic E-state index is 13.5. The van der Waals surface area contributed by atoms with Crippen LogP contribution in [0.5, 0.6) is 5.75 Å². The number of nitrogens with one attached hydrogen (secondary N) is 1. The van der Waals surface area contributed by atoms with Crippen molar-refractivity contribution in [2.75, 3.05) is 20.1 Å². The number of amides is 1. The molecule has 1 heterocycles. The molecule has 0 saturated carbocycles. The van der Waals surface area contributed by atoms with Crippen LogP contribution in [-0.2, 0) is 4.79 Å². The number of likely N-dealkylation sites (N-methyl/N-ethyl adjacent to an activating group) is 1. The molecule has 1 aromatic rings. The Balaban J connectivity index is 0.00000220. The predicted octanol–water partition coefficient (Wildman–Crippen LogP) is 2.23. The number of hydrogen-bond acceptors (Lipinski definition) is 3. The van der Waals surface area contributed by atoms with Crippen molar-refractivity contribution < 1.29 is 13.9 Å². The van der Waals surface area contributed by atoms with Crippen molar-refractivity contribution in [3.63, 3.8) is 0 Å². The molecule has 118 valence electrons. The molecule has 0 radical (unpaired) electrons. The fourth-order valence-electron chi connectivity index (χ4n) is 2.45. The van der Waals surface area contributed by atoms with Gasteiger partial charge >= 0.3 is 0 Å². The summed E-state index contributed by atoms with van der Waals surface area (Å²) in [6.07, 6.45) is 1.37. The van der Waals surface area contributed by atoms with E-state index in [9.17, 15) is 9.18 Å². The van der Waals surface area contributed by atoms with Gasteiger partial charge in [0.1, 0.15) is 0 Å². The van der Waals surface area contributed by atoms with E-state index in [2.05, 4.69) is 5.32 Å². The summed E-state index contributed by atoms with van der Waals surface area (Å²) in [6.45, 7) is 3.08. The lowest BCUT2D eigenvalue weighted by molar-refractivity contribution is -0.139. The van der Waals surface area contributed by atoms with Crippen molar-refractivity contribution in [2.24, 2.45) is 0 Å². The van der Waals surface area contributed by atoms with Crippen molar-refractivity contribution >= 4 is 18.3 Å². The smallest absolute Gasteiger partial charge is 0.263 e. The zero-order valence-electron chi connectivity index (χ0n) is 12.3. The van der Waals surface area contributed by atoms with E-state index >= 15 is 0 Å². The molecule has 2 unspecified atom stereocenters. The Bertz CT molecular complexity index is 473. The zero-order valence-corrected chi connectivity index (χ0v) is 13.2. The summed E-state index contributed by atoms with van der Waals surface area (Å²) in [7, 11) is 1.90. The topological polar surface area (TPSA) is 41.6 Å². The van der Waals surface area contributed by atoms with E-state index in [1.807, 2.05) is 7.05 Å². The Morgan fingerprint density at radius 1 is 1.48 bits per heavy atom. The SMILES string of the molecule is CNC1CCCN(C(=O)C(C)Oc2ccccc2F)C1.Cl. The lowest BCUT2D eigenvalue weighted by Crippen LogP contribution is -2.50. The Morgan fingerprint density at radius 3 is 2.86 bits per heavy atom. The van der Waals surface area contributed by atoms with Crippen LogP contribution in [0.1, 0.15) is 19.8 Å². The van der Waals surface area contributed by atoms with Gasteiger partial charge in [-0.2, -0.15) is 0 Å². The fourth-order valence-corrected chi connectivity index (χ4v) is 2.45. The van der Waals surface area contributed by atoms with E-state index in [-0.39, 0.29) is 24.1 Å². The third-order valence-electron chi connectivity index (χ3n) is 3.63. The normalized spacial score (nSPS) is 19.6. The van der Waals surface area contributed by atoms with Crippen LogP contribution in [0, 0.1) is 5.82 Å². The zero-order chi connectivity index (χ0) is 14.5. The maximum absolute atomic E-state index is 13.5. The van der Waals surface area contributed by atoms with E-state index in [1.54, 1.807) is 24.0 Å². The van der Waals surface area contributed by atoms with Gasteiger partial charge in [0.15, 0.2) is 17.7 Å². The highest BCUT2D eigenvalue weighted by molar-refractivity contribution is 5.85. The first-order chi connectivity index (χ1) is 9.61. The highest BCUT2D eigenvalue weighted by atomic mass is 35.5. The molecular weight excluding hydrogens is 295 g/mol. The van der Waals surface area contributed by atoms with Gasteiger partial charge in [0, 0.05) is 19.1 Å². The highest BCUT2D eigenvalue weighted by Crippen LogP contribution is 2.18. The molecule has 0 aliphatic carbocycles. The molecule has 1 amide bonds. The standard InChI is InChI=1S/C15H21FN2O2.ClH/c1-11(20-14-8-4-3-7-13(14)16)15(19)18-9-5-6-12(10-18)17-2;/h3-4,7-8,11-12,17H,5-6,9-10H2,1-2H3;1H. The molecule has 21 heavy (non-hydrogen) atoms. The third-order valence-corrected chi connectivity index (χ3v) is 3.63. The summed E-state index contributed by atoms with van der Waals surface area (Å²) >= 11 is 0. The third kappa shape index (κ3) is 4.58. The summed E-state index contributed by atoms with van der Waals surface area (Å²) in [4.78, 5) is 14.1. The van der Waals surface area contributed by atoms with Crippen LogP contribution in [0.15, 0.2) is 24.3 Å². The first-order valence-electron chi connectivity index (χ1n) is 6.99. The first-order valence-corrected chi connectivity index (χ1v) is 6.99. The minimum atomic E-state index is -0.678. The minimum Gasteiger partial charge on any atom is -0.478 e. The number of carbonyl (C=O) groups is 1. The largest absolute Gasteiger partial charge is 0.478 e. The van der Waals surface area contributed by atoms with E-state index in [0.717, 1.165) is 19.4 Å². The van der Waals surface area contributed by atoms with Gasteiger partial charge in [0.05, 0.1) is 0 Å². The Labute approximate surface area is 131 Å². The number of nitrogens with zero attached hydrogens (tertiary/aromatic N) is 1. The van der Waals surface area contributed by atoms with Crippen molar-refractivity contribution in [2.45, 2.75) is 31.9 Å². The van der Waals surface area contributed by atoms with Gasteiger partial charge in [0.25, 0.3) is 5.91 Å². The molecule has 1 fully saturated rings. The second-order valence-corrected chi connectivity index (χ2v) is 5.10. The van der Waals surface area contributed by atoms with Gasteiger partial charge in [0.2, 0.25) is 0 Å². The fraction of sp³-hybridized carbons (Fsp3) is 0.533. The van der Waals surface area contributed by atoms with Gasteiger partial charge in [-0.1, -0.05) is 12.1 Å². The molecule has 1 aliphatic rings. The molecule has 1 aromatic carbocycles. The Kier molecular flexibility index (Phi) is 6.92. The molecule has 2 atom stereocenters. The van der Waals surface area contributed by atoms with E-state index in [0.29, 0.717) is 12.6 Å². The Morgan fingerprint density at radius 2 is 2.19 bits per heavy atom. The number of rotatable bonds is 4. The van der Waals surface area contributed by atoms with Crippen molar-refractivity contribution in [1.82, 2.24) is 10.2 Å². The minimum absolute atomic E-state index is 0. The molecule has 0 bridgehead atoms. The summed E-state index contributed by atoms with van der Waals surface area (Å²) < 4.78 is 19.0. The van der Waals surface area contributed by atoms with Gasteiger partial charge in [-0.15, -0.1) is 12.4 Å². The Hall–Kier alpha value is -1.33. The summed E-state index contributed by atoms with van der Waals surface area (Å²) in [6, 6.07) is 6.47. The van der Waals surface area contributed by atoms with Gasteiger partial charge < -0.3 is 15.0 Å². The molecule has 4 nitrogen and oxygen atoms in total. The molecular formula is C15H22ClFN2O2. The molecule has 1 saturated heterocycles. The quantitative estimate of drug-likeness (QED) is 0.926. The van der Waals surface area contributed by atoms with Crippen LogP contribution in [0.4, 0.5) is 4.39 Å². The second-order valence-electron chi connectivity index (χ2n) is 5.10. The number of halogens is 2. The molecule has 0 aromatic heterocycles. The number of ether oxygens (including phenoxy) is 1. The summed E-state index contributed by atoms with van der Waals surface area (Å²) in [5.74, 6) is -0.414. The number of carbonyl (C=O) groups excluding carboxylic acids is 1. The van der Waals surface area contributed by atoms with Crippen LogP contribution in [0.2, 0.25) is 0 Å². The number of benzene rings is 1. The number of likely N-dealkylation sites (tertiary alicyclic amines) is 1. The highest BCUT2D eigenvalue weighted by Gasteiger charge is 2.27. The van der Waals surface area contributed by atoms with E-state index in [1.165, 1.54) is 12.1 Å². The maximum Gasteiger partial charge on any atom is 0.263 e. The van der Waals surface area contributed by atoms with Crippen LogP contribution >= 0.6 is 12.4 Å². The monoisotopic (exact) mass is 316 g/mol. The van der Waals surface area contributed by atoms with E-state index in [4.69, 9.17) is 4.74 Å². The average Bonchev–Trinajstić information content (AvgIpc) is 2.48. The van der Waals surface area contributed by atoms with Gasteiger partial charge in [-0.3, -0.25) is 4.79 Å². The lowest BCUT2D eigenvalue weighted by Gasteiger charge is -2.34. The summed E-state index contributed by atoms with van der Waals surface area (Å²) in [5.41, 5.74) is 0. The number of piperidine rings is 1. The molecule has 1 aliphatic heterocycles. The number of para-hydroxylation sites is 1. The van der Waals surface area contributed by atoms with Crippen LogP contribution in [0.25, 0.3) is 0 Å².